The summed E-state index contributed by atoms with van der Waals surface area (Å²) >= 11 is 0. The number of carbonyl (C=O) groups is 1. The lowest BCUT2D eigenvalue weighted by Gasteiger charge is -2.33. The topological polar surface area (TPSA) is 66.6 Å². The molecule has 0 saturated carbocycles. The third-order valence-electron chi connectivity index (χ3n) is 4.01. The monoisotopic (exact) mass is 248 g/mol. The average molecular weight is 248 g/mol. The van der Waals surface area contributed by atoms with Crippen LogP contribution >= 0.6 is 0 Å². The SMILES string of the molecule is O=C(O)N1C2CCCC1C(/C=C\c1ccno1)C2. The molecule has 3 unspecified atom stereocenters. The van der Waals surface area contributed by atoms with E-state index in [-0.39, 0.29) is 12.1 Å². The summed E-state index contributed by atoms with van der Waals surface area (Å²) in [7, 11) is 0. The van der Waals surface area contributed by atoms with Crippen LogP contribution in [-0.4, -0.2) is 33.3 Å². The Bertz CT molecular complexity index is 455. The van der Waals surface area contributed by atoms with E-state index in [1.54, 1.807) is 17.2 Å². The van der Waals surface area contributed by atoms with Gasteiger partial charge in [0.2, 0.25) is 0 Å². The summed E-state index contributed by atoms with van der Waals surface area (Å²) in [5.74, 6) is 1.03. The highest BCUT2D eigenvalue weighted by molar-refractivity contribution is 5.67. The van der Waals surface area contributed by atoms with Crippen LogP contribution in [0.5, 0.6) is 0 Å². The van der Waals surface area contributed by atoms with Crippen molar-refractivity contribution in [2.75, 3.05) is 0 Å². The fourth-order valence-corrected chi connectivity index (χ4v) is 3.27. The van der Waals surface area contributed by atoms with Gasteiger partial charge in [-0.25, -0.2) is 4.79 Å². The molecule has 3 rings (SSSR count). The predicted octanol–water partition coefficient (Wildman–Crippen LogP) is 2.61. The average Bonchev–Trinajstić information content (AvgIpc) is 2.92. The van der Waals surface area contributed by atoms with E-state index in [0.717, 1.165) is 31.4 Å². The molecule has 2 aliphatic rings. The maximum Gasteiger partial charge on any atom is 0.407 e. The minimum atomic E-state index is -0.778. The van der Waals surface area contributed by atoms with E-state index in [2.05, 4.69) is 11.2 Å². The first kappa shape index (κ1) is 11.3. The summed E-state index contributed by atoms with van der Waals surface area (Å²) in [6.45, 7) is 0. The lowest BCUT2D eigenvalue weighted by Crippen LogP contribution is -2.44. The summed E-state index contributed by atoms with van der Waals surface area (Å²) < 4.78 is 5.01. The Hall–Kier alpha value is -1.78. The van der Waals surface area contributed by atoms with E-state index in [1.165, 1.54) is 0 Å². The summed E-state index contributed by atoms with van der Waals surface area (Å²) in [5.41, 5.74) is 0. The molecule has 18 heavy (non-hydrogen) atoms. The van der Waals surface area contributed by atoms with Gasteiger partial charge in [0, 0.05) is 18.2 Å². The van der Waals surface area contributed by atoms with Gasteiger partial charge in [-0.2, -0.15) is 0 Å². The summed E-state index contributed by atoms with van der Waals surface area (Å²) in [6.07, 6.45) is 8.83. The molecule has 2 bridgehead atoms. The highest BCUT2D eigenvalue weighted by Crippen LogP contribution is 2.40. The number of amides is 1. The second kappa shape index (κ2) is 4.48. The van der Waals surface area contributed by atoms with Gasteiger partial charge in [-0.1, -0.05) is 11.2 Å². The number of rotatable bonds is 2. The fraction of sp³-hybridized carbons (Fsp3) is 0.538. The standard InChI is InChI=1S/C13H16N2O3/c16-13(17)15-10-2-1-3-12(15)9(8-10)4-5-11-6-7-14-18-11/h4-7,9-10,12H,1-3,8H2,(H,16,17)/b5-4-. The first-order valence-electron chi connectivity index (χ1n) is 6.36. The van der Waals surface area contributed by atoms with Crippen LogP contribution < -0.4 is 0 Å². The van der Waals surface area contributed by atoms with Gasteiger partial charge in [-0.05, 0) is 37.7 Å². The quantitative estimate of drug-likeness (QED) is 0.873. The molecule has 1 aromatic heterocycles. The van der Waals surface area contributed by atoms with E-state index < -0.39 is 6.09 Å². The Labute approximate surface area is 105 Å². The molecule has 0 radical (unpaired) electrons. The molecule has 5 heteroatoms. The Morgan fingerprint density at radius 3 is 3.11 bits per heavy atom. The minimum absolute atomic E-state index is 0.139. The van der Waals surface area contributed by atoms with E-state index in [1.807, 2.05) is 6.08 Å². The molecule has 2 saturated heterocycles. The third kappa shape index (κ3) is 1.89. The van der Waals surface area contributed by atoms with Crippen LogP contribution in [0.4, 0.5) is 4.79 Å². The molecule has 2 aliphatic heterocycles. The largest absolute Gasteiger partial charge is 0.465 e. The van der Waals surface area contributed by atoms with E-state index in [4.69, 9.17) is 4.52 Å². The second-order valence-electron chi connectivity index (χ2n) is 5.02. The van der Waals surface area contributed by atoms with Crippen molar-refractivity contribution in [3.05, 3.63) is 24.1 Å². The zero-order chi connectivity index (χ0) is 12.5. The molecule has 2 fully saturated rings. The van der Waals surface area contributed by atoms with Gasteiger partial charge in [0.25, 0.3) is 0 Å². The summed E-state index contributed by atoms with van der Waals surface area (Å²) in [5, 5.41) is 12.9. The van der Waals surface area contributed by atoms with E-state index in [9.17, 15) is 9.90 Å². The van der Waals surface area contributed by atoms with Crippen molar-refractivity contribution >= 4 is 12.2 Å². The van der Waals surface area contributed by atoms with Crippen molar-refractivity contribution in [3.63, 3.8) is 0 Å². The molecule has 1 amide bonds. The molecular weight excluding hydrogens is 232 g/mol. The van der Waals surface area contributed by atoms with Gasteiger partial charge in [-0.3, -0.25) is 0 Å². The van der Waals surface area contributed by atoms with Crippen LogP contribution in [0, 0.1) is 5.92 Å². The number of aromatic nitrogens is 1. The highest BCUT2D eigenvalue weighted by atomic mass is 16.5. The molecule has 1 N–H and O–H groups in total. The number of carboxylic acid groups (broad SMARTS) is 1. The minimum Gasteiger partial charge on any atom is -0.465 e. The number of hydrogen-bond donors (Lipinski definition) is 1. The number of nitrogens with zero attached hydrogens (tertiary/aromatic N) is 2. The van der Waals surface area contributed by atoms with Gasteiger partial charge in [0.15, 0.2) is 5.76 Å². The number of piperidine rings is 1. The lowest BCUT2D eigenvalue weighted by molar-refractivity contribution is 0.0996. The molecule has 0 aliphatic carbocycles. The third-order valence-corrected chi connectivity index (χ3v) is 4.01. The molecular formula is C13H16N2O3. The smallest absolute Gasteiger partial charge is 0.407 e. The van der Waals surface area contributed by atoms with Crippen LogP contribution in [0.3, 0.4) is 0 Å². The van der Waals surface area contributed by atoms with Gasteiger partial charge in [0.1, 0.15) is 0 Å². The number of hydrogen-bond acceptors (Lipinski definition) is 3. The number of fused-ring (bicyclic) bond motifs is 2. The maximum atomic E-state index is 11.3. The van der Waals surface area contributed by atoms with E-state index >= 15 is 0 Å². The second-order valence-corrected chi connectivity index (χ2v) is 5.02. The Morgan fingerprint density at radius 1 is 1.56 bits per heavy atom. The molecule has 3 heterocycles. The molecule has 0 aromatic carbocycles. The first-order chi connectivity index (χ1) is 8.75. The van der Waals surface area contributed by atoms with E-state index in [0.29, 0.717) is 5.92 Å². The Kier molecular flexibility index (Phi) is 2.81. The maximum absolute atomic E-state index is 11.3. The van der Waals surface area contributed by atoms with Crippen LogP contribution in [-0.2, 0) is 0 Å². The molecule has 0 spiro atoms. The molecule has 1 aromatic rings. The van der Waals surface area contributed by atoms with Crippen molar-refractivity contribution < 1.29 is 14.4 Å². The fourth-order valence-electron chi connectivity index (χ4n) is 3.27. The molecule has 3 atom stereocenters. The van der Waals surface area contributed by atoms with Crippen LogP contribution in [0.15, 0.2) is 22.9 Å². The van der Waals surface area contributed by atoms with Crippen LogP contribution in [0.2, 0.25) is 0 Å². The predicted molar refractivity (Wildman–Crippen MR) is 64.9 cm³/mol. The molecule has 96 valence electrons. The Balaban J connectivity index is 1.76. The van der Waals surface area contributed by atoms with Crippen molar-refractivity contribution in [3.8, 4) is 0 Å². The molecule has 5 nitrogen and oxygen atoms in total. The lowest BCUT2D eigenvalue weighted by atomic mass is 9.97. The normalized spacial score (nSPS) is 31.1. The van der Waals surface area contributed by atoms with Crippen molar-refractivity contribution in [1.29, 1.82) is 0 Å². The van der Waals surface area contributed by atoms with Gasteiger partial charge in [0.05, 0.1) is 6.20 Å². The van der Waals surface area contributed by atoms with Gasteiger partial charge in [-0.15, -0.1) is 0 Å². The summed E-state index contributed by atoms with van der Waals surface area (Å²) in [6, 6.07) is 2.14. The highest BCUT2D eigenvalue weighted by Gasteiger charge is 2.44. The summed E-state index contributed by atoms with van der Waals surface area (Å²) in [4.78, 5) is 12.9. The van der Waals surface area contributed by atoms with Crippen LogP contribution in [0.25, 0.3) is 6.08 Å². The van der Waals surface area contributed by atoms with Crippen molar-refractivity contribution in [2.45, 2.75) is 37.8 Å². The van der Waals surface area contributed by atoms with Crippen LogP contribution in [0.1, 0.15) is 31.4 Å². The van der Waals surface area contributed by atoms with Crippen molar-refractivity contribution in [2.24, 2.45) is 5.92 Å². The van der Waals surface area contributed by atoms with Gasteiger partial charge >= 0.3 is 6.09 Å². The zero-order valence-corrected chi connectivity index (χ0v) is 10.0. The first-order valence-corrected chi connectivity index (χ1v) is 6.36. The zero-order valence-electron chi connectivity index (χ0n) is 10.0. The van der Waals surface area contributed by atoms with Gasteiger partial charge < -0.3 is 14.5 Å². The van der Waals surface area contributed by atoms with Crippen molar-refractivity contribution in [1.82, 2.24) is 10.1 Å². The Morgan fingerprint density at radius 2 is 2.44 bits per heavy atom.